The SMILES string of the molecule is O=C(CNC(=O)NCc1ccc(F)cc1)Nc1ccc(N2CCN(Cc3ccccc3)CC2)cc1. The van der Waals surface area contributed by atoms with Gasteiger partial charge in [-0.15, -0.1) is 0 Å². The average Bonchev–Trinajstić information content (AvgIpc) is 2.89. The van der Waals surface area contributed by atoms with Crippen molar-refractivity contribution in [2.24, 2.45) is 0 Å². The third-order valence-electron chi connectivity index (χ3n) is 5.91. The molecule has 7 nitrogen and oxygen atoms in total. The number of halogens is 1. The Morgan fingerprint density at radius 2 is 1.46 bits per heavy atom. The Balaban J connectivity index is 1.16. The van der Waals surface area contributed by atoms with E-state index in [1.807, 2.05) is 30.3 Å². The van der Waals surface area contributed by atoms with Gasteiger partial charge in [0, 0.05) is 50.6 Å². The number of piperazine rings is 1. The van der Waals surface area contributed by atoms with Crippen LogP contribution in [0.1, 0.15) is 11.1 Å². The predicted octanol–water partition coefficient (Wildman–Crippen LogP) is 3.59. The summed E-state index contributed by atoms with van der Waals surface area (Å²) < 4.78 is 12.9. The van der Waals surface area contributed by atoms with Crippen LogP contribution in [0, 0.1) is 5.82 Å². The van der Waals surface area contributed by atoms with Crippen molar-refractivity contribution in [3.05, 3.63) is 95.8 Å². The lowest BCUT2D eigenvalue weighted by Gasteiger charge is -2.36. The fraction of sp³-hybridized carbons (Fsp3) is 0.259. The standard InChI is InChI=1S/C27H30FN5O2/c28-23-8-6-21(7-9-23)18-29-27(35)30-19-26(34)31-24-10-12-25(13-11-24)33-16-14-32(15-17-33)20-22-4-2-1-3-5-22/h1-13H,14-20H2,(H,31,34)(H2,29,30,35). The second kappa shape index (κ2) is 12.0. The number of carbonyl (C=O) groups is 2. The maximum absolute atomic E-state index is 12.9. The first-order valence-corrected chi connectivity index (χ1v) is 11.7. The molecule has 1 fully saturated rings. The average molecular weight is 476 g/mol. The smallest absolute Gasteiger partial charge is 0.315 e. The van der Waals surface area contributed by atoms with E-state index in [-0.39, 0.29) is 24.8 Å². The zero-order valence-corrected chi connectivity index (χ0v) is 19.5. The highest BCUT2D eigenvalue weighted by Crippen LogP contribution is 2.20. The van der Waals surface area contributed by atoms with Gasteiger partial charge >= 0.3 is 6.03 Å². The van der Waals surface area contributed by atoms with E-state index in [2.05, 4.69) is 50.0 Å². The fourth-order valence-corrected chi connectivity index (χ4v) is 3.97. The van der Waals surface area contributed by atoms with E-state index in [9.17, 15) is 14.0 Å². The monoisotopic (exact) mass is 475 g/mol. The second-order valence-electron chi connectivity index (χ2n) is 8.51. The molecule has 3 amide bonds. The van der Waals surface area contributed by atoms with Crippen molar-refractivity contribution in [2.75, 3.05) is 42.9 Å². The Morgan fingerprint density at radius 3 is 2.14 bits per heavy atom. The van der Waals surface area contributed by atoms with Gasteiger partial charge in [0.1, 0.15) is 5.82 Å². The first-order valence-electron chi connectivity index (χ1n) is 11.7. The molecule has 1 saturated heterocycles. The molecule has 8 heteroatoms. The Bertz CT molecular complexity index is 1100. The zero-order chi connectivity index (χ0) is 24.5. The van der Waals surface area contributed by atoms with Gasteiger partial charge in [0.2, 0.25) is 5.91 Å². The molecule has 182 valence electrons. The van der Waals surface area contributed by atoms with E-state index in [4.69, 9.17) is 0 Å². The maximum Gasteiger partial charge on any atom is 0.315 e. The summed E-state index contributed by atoms with van der Waals surface area (Å²) in [4.78, 5) is 28.9. The van der Waals surface area contributed by atoms with Crippen molar-refractivity contribution >= 4 is 23.3 Å². The number of nitrogens with one attached hydrogen (secondary N) is 3. The number of nitrogens with zero attached hydrogens (tertiary/aromatic N) is 2. The van der Waals surface area contributed by atoms with Crippen molar-refractivity contribution in [1.82, 2.24) is 15.5 Å². The molecule has 0 aromatic heterocycles. The Morgan fingerprint density at radius 1 is 0.771 bits per heavy atom. The van der Waals surface area contributed by atoms with Gasteiger partial charge in [0.15, 0.2) is 0 Å². The van der Waals surface area contributed by atoms with Gasteiger partial charge < -0.3 is 20.9 Å². The topological polar surface area (TPSA) is 76.7 Å². The summed E-state index contributed by atoms with van der Waals surface area (Å²) in [6.45, 7) is 4.98. The van der Waals surface area contributed by atoms with Gasteiger partial charge in [-0.1, -0.05) is 42.5 Å². The third-order valence-corrected chi connectivity index (χ3v) is 5.91. The molecule has 35 heavy (non-hydrogen) atoms. The van der Waals surface area contributed by atoms with E-state index < -0.39 is 6.03 Å². The van der Waals surface area contributed by atoms with Gasteiger partial charge in [-0.05, 0) is 47.5 Å². The van der Waals surface area contributed by atoms with Crippen LogP contribution in [0.4, 0.5) is 20.6 Å². The largest absolute Gasteiger partial charge is 0.369 e. The van der Waals surface area contributed by atoms with Crippen molar-refractivity contribution in [3.8, 4) is 0 Å². The number of amides is 3. The van der Waals surface area contributed by atoms with Gasteiger partial charge in [-0.25, -0.2) is 9.18 Å². The second-order valence-corrected chi connectivity index (χ2v) is 8.51. The van der Waals surface area contributed by atoms with Crippen LogP contribution in [-0.2, 0) is 17.9 Å². The first kappa shape index (κ1) is 24.2. The normalized spacial score (nSPS) is 13.8. The number of carbonyl (C=O) groups excluding carboxylic acids is 2. The van der Waals surface area contributed by atoms with Crippen molar-refractivity contribution in [2.45, 2.75) is 13.1 Å². The molecule has 3 aromatic rings. The van der Waals surface area contributed by atoms with E-state index >= 15 is 0 Å². The van der Waals surface area contributed by atoms with Crippen LogP contribution in [0.2, 0.25) is 0 Å². The molecule has 0 unspecified atom stereocenters. The summed E-state index contributed by atoms with van der Waals surface area (Å²) in [6, 6.07) is 23.7. The molecule has 0 radical (unpaired) electrons. The number of hydrogen-bond acceptors (Lipinski definition) is 4. The Kier molecular flexibility index (Phi) is 8.30. The van der Waals surface area contributed by atoms with Gasteiger partial charge in [-0.2, -0.15) is 0 Å². The number of hydrogen-bond donors (Lipinski definition) is 3. The third kappa shape index (κ3) is 7.55. The van der Waals surface area contributed by atoms with Gasteiger partial charge in [0.25, 0.3) is 0 Å². The highest BCUT2D eigenvalue weighted by atomic mass is 19.1. The number of benzene rings is 3. The summed E-state index contributed by atoms with van der Waals surface area (Å²) >= 11 is 0. The van der Waals surface area contributed by atoms with Crippen molar-refractivity contribution in [3.63, 3.8) is 0 Å². The minimum Gasteiger partial charge on any atom is -0.369 e. The van der Waals surface area contributed by atoms with E-state index in [0.717, 1.165) is 44.0 Å². The number of anilines is 2. The minimum atomic E-state index is -0.466. The molecule has 1 aliphatic rings. The van der Waals surface area contributed by atoms with E-state index in [0.29, 0.717) is 5.69 Å². The highest BCUT2D eigenvalue weighted by Gasteiger charge is 2.17. The highest BCUT2D eigenvalue weighted by molar-refractivity contribution is 5.94. The lowest BCUT2D eigenvalue weighted by molar-refractivity contribution is -0.115. The van der Waals surface area contributed by atoms with Crippen molar-refractivity contribution in [1.29, 1.82) is 0 Å². The first-order chi connectivity index (χ1) is 17.0. The molecular formula is C27H30FN5O2. The predicted molar refractivity (Wildman–Crippen MR) is 136 cm³/mol. The Hall–Kier alpha value is -3.91. The Labute approximate surface area is 204 Å². The van der Waals surface area contributed by atoms with Crippen LogP contribution in [-0.4, -0.2) is 49.6 Å². The van der Waals surface area contributed by atoms with E-state index in [1.54, 1.807) is 12.1 Å². The van der Waals surface area contributed by atoms with Gasteiger partial charge in [0.05, 0.1) is 6.54 Å². The molecule has 1 heterocycles. The summed E-state index contributed by atoms with van der Waals surface area (Å²) in [5.41, 5.74) is 3.90. The quantitative estimate of drug-likeness (QED) is 0.466. The summed E-state index contributed by atoms with van der Waals surface area (Å²) in [5.74, 6) is -0.645. The zero-order valence-electron chi connectivity index (χ0n) is 19.5. The maximum atomic E-state index is 12.9. The molecule has 0 spiro atoms. The molecular weight excluding hydrogens is 445 g/mol. The van der Waals surface area contributed by atoms with Gasteiger partial charge in [-0.3, -0.25) is 9.69 Å². The summed E-state index contributed by atoms with van der Waals surface area (Å²) in [5, 5.41) is 7.95. The van der Waals surface area contributed by atoms with Crippen LogP contribution in [0.25, 0.3) is 0 Å². The summed E-state index contributed by atoms with van der Waals surface area (Å²) in [7, 11) is 0. The van der Waals surface area contributed by atoms with E-state index in [1.165, 1.54) is 17.7 Å². The van der Waals surface area contributed by atoms with Crippen LogP contribution >= 0.6 is 0 Å². The molecule has 0 saturated carbocycles. The van der Waals surface area contributed by atoms with Crippen LogP contribution in [0.15, 0.2) is 78.9 Å². The lowest BCUT2D eigenvalue weighted by atomic mass is 10.2. The lowest BCUT2D eigenvalue weighted by Crippen LogP contribution is -2.45. The minimum absolute atomic E-state index is 0.152. The number of urea groups is 1. The molecule has 0 bridgehead atoms. The molecule has 3 aromatic carbocycles. The molecule has 1 aliphatic heterocycles. The number of rotatable bonds is 8. The summed E-state index contributed by atoms with van der Waals surface area (Å²) in [6.07, 6.45) is 0. The fourth-order valence-electron chi connectivity index (χ4n) is 3.97. The van der Waals surface area contributed by atoms with Crippen LogP contribution < -0.4 is 20.9 Å². The molecule has 0 aliphatic carbocycles. The van der Waals surface area contributed by atoms with Crippen LogP contribution in [0.5, 0.6) is 0 Å². The molecule has 3 N–H and O–H groups in total. The van der Waals surface area contributed by atoms with Crippen molar-refractivity contribution < 1.29 is 14.0 Å². The molecule has 0 atom stereocenters. The molecule has 4 rings (SSSR count). The van der Waals surface area contributed by atoms with Crippen LogP contribution in [0.3, 0.4) is 0 Å².